The van der Waals surface area contributed by atoms with Crippen LogP contribution < -0.4 is 11.1 Å². The van der Waals surface area contributed by atoms with E-state index >= 15 is 0 Å². The zero-order valence-electron chi connectivity index (χ0n) is 16.9. The van der Waals surface area contributed by atoms with Gasteiger partial charge < -0.3 is 11.1 Å². The average molecular weight is 494 g/mol. The molecule has 0 bridgehead atoms. The van der Waals surface area contributed by atoms with Crippen molar-refractivity contribution >= 4 is 61.1 Å². The number of nitrogens with two attached hydrogens (primary N) is 1. The number of thiophene rings is 1. The Morgan fingerprint density at radius 1 is 1.23 bits per heavy atom. The normalized spacial score (nSPS) is 15.1. The summed E-state index contributed by atoms with van der Waals surface area (Å²) in [6.45, 7) is 1.19. The SMILES string of the molecule is CSc1sc(C(=N)N)cc1-c1csc(Nc2ccc(S(=O)(=O)N3CCCCC3)cc2)n1. The number of amidine groups is 1. The Labute approximate surface area is 194 Å². The molecule has 1 saturated heterocycles. The number of rotatable bonds is 7. The van der Waals surface area contributed by atoms with E-state index in [2.05, 4.69) is 10.3 Å². The first-order valence-electron chi connectivity index (χ1n) is 9.74. The molecule has 164 valence electrons. The molecule has 0 radical (unpaired) electrons. The monoisotopic (exact) mass is 493 g/mol. The number of benzene rings is 1. The van der Waals surface area contributed by atoms with Crippen LogP contribution in [0.2, 0.25) is 0 Å². The fourth-order valence-corrected chi connectivity index (χ4v) is 7.37. The highest BCUT2D eigenvalue weighted by Gasteiger charge is 2.25. The van der Waals surface area contributed by atoms with E-state index in [1.54, 1.807) is 40.3 Å². The number of hydrogen-bond donors (Lipinski definition) is 3. The Balaban J connectivity index is 1.50. The van der Waals surface area contributed by atoms with Crippen molar-refractivity contribution in [3.05, 3.63) is 40.6 Å². The van der Waals surface area contributed by atoms with Crippen molar-refractivity contribution in [1.29, 1.82) is 5.41 Å². The molecule has 11 heteroatoms. The quantitative estimate of drug-likeness (QED) is 0.248. The summed E-state index contributed by atoms with van der Waals surface area (Å²) in [6, 6.07) is 8.72. The van der Waals surface area contributed by atoms with E-state index in [-0.39, 0.29) is 5.84 Å². The summed E-state index contributed by atoms with van der Waals surface area (Å²) in [6.07, 6.45) is 4.91. The Bertz CT molecular complexity index is 1180. The minimum atomic E-state index is -3.43. The van der Waals surface area contributed by atoms with E-state index in [0.717, 1.165) is 45.3 Å². The average Bonchev–Trinajstić information content (AvgIpc) is 3.41. The van der Waals surface area contributed by atoms with Gasteiger partial charge >= 0.3 is 0 Å². The van der Waals surface area contributed by atoms with Gasteiger partial charge in [0.1, 0.15) is 5.84 Å². The summed E-state index contributed by atoms with van der Waals surface area (Å²) >= 11 is 4.57. The molecule has 1 aromatic carbocycles. The lowest BCUT2D eigenvalue weighted by molar-refractivity contribution is 0.346. The highest BCUT2D eigenvalue weighted by Crippen LogP contribution is 2.39. The Morgan fingerprint density at radius 3 is 2.58 bits per heavy atom. The minimum absolute atomic E-state index is 0.0553. The maximum atomic E-state index is 12.8. The summed E-state index contributed by atoms with van der Waals surface area (Å²) in [5, 5.41) is 13.6. The number of nitrogens with zero attached hydrogens (tertiary/aromatic N) is 2. The van der Waals surface area contributed by atoms with Gasteiger partial charge in [-0.1, -0.05) is 6.42 Å². The smallest absolute Gasteiger partial charge is 0.243 e. The highest BCUT2D eigenvalue weighted by atomic mass is 32.2. The third-order valence-electron chi connectivity index (χ3n) is 4.99. The summed E-state index contributed by atoms with van der Waals surface area (Å²) in [4.78, 5) is 5.71. The van der Waals surface area contributed by atoms with Gasteiger partial charge in [0, 0.05) is 29.7 Å². The molecule has 3 aromatic rings. The molecule has 0 aliphatic carbocycles. The number of aromatic nitrogens is 1. The fourth-order valence-electron chi connectivity index (χ4n) is 3.38. The molecular formula is C20H23N5O2S4. The number of anilines is 2. The largest absolute Gasteiger partial charge is 0.383 e. The summed E-state index contributed by atoms with van der Waals surface area (Å²) < 4.78 is 28.2. The van der Waals surface area contributed by atoms with Crippen molar-refractivity contribution in [3.63, 3.8) is 0 Å². The second-order valence-corrected chi connectivity index (χ2v) is 12.0. The van der Waals surface area contributed by atoms with Crippen LogP contribution in [-0.4, -0.2) is 42.9 Å². The molecule has 7 nitrogen and oxygen atoms in total. The van der Waals surface area contributed by atoms with E-state index in [9.17, 15) is 8.42 Å². The van der Waals surface area contributed by atoms with Crippen LogP contribution in [0.4, 0.5) is 10.8 Å². The van der Waals surface area contributed by atoms with Gasteiger partial charge in [-0.3, -0.25) is 5.41 Å². The van der Waals surface area contributed by atoms with E-state index in [4.69, 9.17) is 11.1 Å². The van der Waals surface area contributed by atoms with Gasteiger partial charge in [-0.15, -0.1) is 34.4 Å². The van der Waals surface area contributed by atoms with Crippen LogP contribution in [0, 0.1) is 5.41 Å². The first-order valence-corrected chi connectivity index (χ1v) is 14.1. The van der Waals surface area contributed by atoms with Crippen molar-refractivity contribution in [3.8, 4) is 11.3 Å². The minimum Gasteiger partial charge on any atom is -0.383 e. The number of nitrogens with one attached hydrogen (secondary N) is 2. The topological polar surface area (TPSA) is 112 Å². The maximum Gasteiger partial charge on any atom is 0.243 e. The molecule has 31 heavy (non-hydrogen) atoms. The van der Waals surface area contributed by atoms with Gasteiger partial charge in [0.2, 0.25) is 10.0 Å². The van der Waals surface area contributed by atoms with E-state index < -0.39 is 10.0 Å². The van der Waals surface area contributed by atoms with Crippen molar-refractivity contribution in [2.24, 2.45) is 5.73 Å². The van der Waals surface area contributed by atoms with Crippen LogP contribution in [0.25, 0.3) is 11.3 Å². The summed E-state index contributed by atoms with van der Waals surface area (Å²) in [7, 11) is -3.43. The number of sulfonamides is 1. The summed E-state index contributed by atoms with van der Waals surface area (Å²) in [5.41, 5.74) is 8.20. The predicted octanol–water partition coefficient (Wildman–Crippen LogP) is 4.80. The van der Waals surface area contributed by atoms with Gasteiger partial charge in [0.15, 0.2) is 5.13 Å². The van der Waals surface area contributed by atoms with Crippen molar-refractivity contribution in [2.75, 3.05) is 24.7 Å². The second kappa shape index (κ2) is 9.29. The molecule has 0 amide bonds. The predicted molar refractivity (Wildman–Crippen MR) is 131 cm³/mol. The summed E-state index contributed by atoms with van der Waals surface area (Å²) in [5.74, 6) is 0.0553. The number of thiazole rings is 1. The molecule has 2 aromatic heterocycles. The maximum absolute atomic E-state index is 12.8. The van der Waals surface area contributed by atoms with E-state index in [1.807, 2.05) is 17.7 Å². The van der Waals surface area contributed by atoms with Crippen LogP contribution in [0.5, 0.6) is 0 Å². The number of thioether (sulfide) groups is 1. The number of hydrogen-bond acceptors (Lipinski definition) is 8. The second-order valence-electron chi connectivity index (χ2n) is 7.08. The first kappa shape index (κ1) is 22.3. The Kier molecular flexibility index (Phi) is 6.68. The molecule has 4 N–H and O–H groups in total. The molecule has 3 heterocycles. The molecule has 0 atom stereocenters. The number of nitrogen functional groups attached to an aromatic ring is 1. The molecule has 0 saturated carbocycles. The molecular weight excluding hydrogens is 471 g/mol. The third-order valence-corrected chi connectivity index (χ3v) is 9.96. The molecule has 0 unspecified atom stereocenters. The van der Waals surface area contributed by atoms with Gasteiger partial charge in [0.25, 0.3) is 0 Å². The molecule has 1 fully saturated rings. The van der Waals surface area contributed by atoms with Crippen molar-refractivity contribution in [1.82, 2.24) is 9.29 Å². The highest BCUT2D eigenvalue weighted by molar-refractivity contribution is 8.00. The van der Waals surface area contributed by atoms with Crippen LogP contribution in [0.15, 0.2) is 44.8 Å². The Morgan fingerprint density at radius 2 is 1.94 bits per heavy atom. The van der Waals surface area contributed by atoms with Crippen LogP contribution in [0.1, 0.15) is 24.1 Å². The van der Waals surface area contributed by atoms with Gasteiger partial charge in [0.05, 0.1) is 19.7 Å². The Hall–Kier alpha value is -1.92. The molecule has 1 aliphatic heterocycles. The van der Waals surface area contributed by atoms with Crippen molar-refractivity contribution in [2.45, 2.75) is 28.4 Å². The standard InChI is InChI=1S/C20H23N5O2S4/c1-28-19-15(11-17(30-19)18(21)22)16-12-29-20(24-16)23-13-5-7-14(8-6-13)31(26,27)25-9-3-2-4-10-25/h5-8,11-12H,2-4,9-10H2,1H3,(H3,21,22)(H,23,24). The van der Waals surface area contributed by atoms with Crippen LogP contribution in [0.3, 0.4) is 0 Å². The molecule has 1 aliphatic rings. The van der Waals surface area contributed by atoms with Crippen LogP contribution in [-0.2, 0) is 10.0 Å². The van der Waals surface area contributed by atoms with Crippen molar-refractivity contribution < 1.29 is 8.42 Å². The fraction of sp³-hybridized carbons (Fsp3) is 0.300. The van der Waals surface area contributed by atoms with E-state index in [0.29, 0.717) is 23.1 Å². The van der Waals surface area contributed by atoms with Gasteiger partial charge in [-0.2, -0.15) is 4.31 Å². The van der Waals surface area contributed by atoms with Gasteiger partial charge in [-0.05, 0) is 49.4 Å². The third kappa shape index (κ3) is 4.80. The molecule has 4 rings (SSSR count). The van der Waals surface area contributed by atoms with E-state index in [1.165, 1.54) is 22.7 Å². The lowest BCUT2D eigenvalue weighted by Gasteiger charge is -2.25. The zero-order valence-corrected chi connectivity index (χ0v) is 20.2. The first-order chi connectivity index (χ1) is 14.9. The van der Waals surface area contributed by atoms with Crippen LogP contribution >= 0.6 is 34.4 Å². The zero-order chi connectivity index (χ0) is 22.0. The van der Waals surface area contributed by atoms with Gasteiger partial charge in [-0.25, -0.2) is 13.4 Å². The lowest BCUT2D eigenvalue weighted by atomic mass is 10.2. The molecule has 0 spiro atoms. The number of piperidine rings is 1. The lowest BCUT2D eigenvalue weighted by Crippen LogP contribution is -2.35.